The molecule has 1 aromatic carbocycles. The summed E-state index contributed by atoms with van der Waals surface area (Å²) in [6.07, 6.45) is -3.35. The van der Waals surface area contributed by atoms with E-state index in [4.69, 9.17) is 0 Å². The second-order valence-corrected chi connectivity index (χ2v) is 4.59. The second-order valence-electron chi connectivity index (χ2n) is 4.59. The van der Waals surface area contributed by atoms with E-state index >= 15 is 0 Å². The molecule has 0 spiro atoms. The van der Waals surface area contributed by atoms with E-state index in [1.54, 1.807) is 0 Å². The van der Waals surface area contributed by atoms with E-state index in [2.05, 4.69) is 5.32 Å². The molecule has 1 saturated heterocycles. The molecule has 1 fully saturated rings. The van der Waals surface area contributed by atoms with E-state index in [0.29, 0.717) is 12.1 Å². The maximum absolute atomic E-state index is 12.9. The Balaban J connectivity index is 0.00000108. The average molecular weight is 264 g/mol. The zero-order valence-corrected chi connectivity index (χ0v) is 9.87. The third kappa shape index (κ3) is 1.93. The SMILES string of the molecule is Cl.FC(F)(F)c1cccc2c1C1CNCC2C1. The molecule has 2 bridgehead atoms. The first-order valence-corrected chi connectivity index (χ1v) is 5.48. The smallest absolute Gasteiger partial charge is 0.316 e. The number of fused-ring (bicyclic) bond motifs is 5. The zero-order valence-electron chi connectivity index (χ0n) is 9.05. The molecule has 2 aliphatic rings. The molecule has 5 heteroatoms. The quantitative estimate of drug-likeness (QED) is 0.757. The fraction of sp³-hybridized carbons (Fsp3) is 0.500. The molecule has 1 N–H and O–H groups in total. The molecule has 0 radical (unpaired) electrons. The van der Waals surface area contributed by atoms with Crippen molar-refractivity contribution in [1.82, 2.24) is 5.32 Å². The first-order valence-electron chi connectivity index (χ1n) is 5.48. The van der Waals surface area contributed by atoms with Gasteiger partial charge in [-0.2, -0.15) is 13.2 Å². The van der Waals surface area contributed by atoms with Crippen LogP contribution in [-0.2, 0) is 6.18 Å². The number of nitrogens with one attached hydrogen (secondary N) is 1. The van der Waals surface area contributed by atoms with Crippen LogP contribution in [0, 0.1) is 0 Å². The lowest BCUT2D eigenvalue weighted by Crippen LogP contribution is -2.29. The normalized spacial score (nSPS) is 26.3. The van der Waals surface area contributed by atoms with Crippen molar-refractivity contribution >= 4 is 12.4 Å². The Morgan fingerprint density at radius 3 is 2.53 bits per heavy atom. The molecule has 1 heterocycles. The lowest BCUT2D eigenvalue weighted by Gasteiger charge is -2.20. The Bertz CT molecular complexity index is 430. The van der Waals surface area contributed by atoms with Gasteiger partial charge in [-0.3, -0.25) is 0 Å². The number of hydrogen-bond acceptors (Lipinski definition) is 1. The first kappa shape index (κ1) is 12.7. The molecule has 1 aromatic rings. The van der Waals surface area contributed by atoms with Gasteiger partial charge in [-0.15, -0.1) is 12.4 Å². The summed E-state index contributed by atoms with van der Waals surface area (Å²) in [5.74, 6) is 0.322. The lowest BCUT2D eigenvalue weighted by atomic mass is 9.95. The van der Waals surface area contributed by atoms with Crippen LogP contribution < -0.4 is 5.32 Å². The number of hydrogen-bond donors (Lipinski definition) is 1. The summed E-state index contributed by atoms with van der Waals surface area (Å²) < 4.78 is 38.6. The van der Waals surface area contributed by atoms with E-state index in [9.17, 15) is 13.2 Å². The summed E-state index contributed by atoms with van der Waals surface area (Å²) in [4.78, 5) is 0. The van der Waals surface area contributed by atoms with Crippen LogP contribution in [-0.4, -0.2) is 13.1 Å². The van der Waals surface area contributed by atoms with Crippen molar-refractivity contribution in [3.05, 3.63) is 34.9 Å². The highest BCUT2D eigenvalue weighted by Gasteiger charge is 2.42. The number of alkyl halides is 3. The van der Waals surface area contributed by atoms with E-state index in [1.807, 2.05) is 6.07 Å². The van der Waals surface area contributed by atoms with Crippen molar-refractivity contribution in [3.8, 4) is 0 Å². The zero-order chi connectivity index (χ0) is 11.3. The average Bonchev–Trinajstić information content (AvgIpc) is 2.50. The van der Waals surface area contributed by atoms with Gasteiger partial charge in [0.2, 0.25) is 0 Å². The summed E-state index contributed by atoms with van der Waals surface area (Å²) in [7, 11) is 0. The Labute approximate surface area is 104 Å². The Morgan fingerprint density at radius 1 is 1.12 bits per heavy atom. The molecule has 2 unspecified atom stereocenters. The van der Waals surface area contributed by atoms with Crippen molar-refractivity contribution in [1.29, 1.82) is 0 Å². The molecule has 0 amide bonds. The van der Waals surface area contributed by atoms with Gasteiger partial charge in [0.05, 0.1) is 5.56 Å². The molecule has 1 aliphatic heterocycles. The van der Waals surface area contributed by atoms with Gasteiger partial charge < -0.3 is 5.32 Å². The number of rotatable bonds is 0. The van der Waals surface area contributed by atoms with Gasteiger partial charge in [0.1, 0.15) is 0 Å². The predicted octanol–water partition coefficient (Wildman–Crippen LogP) is 3.30. The van der Waals surface area contributed by atoms with Crippen LogP contribution in [0.2, 0.25) is 0 Å². The fourth-order valence-corrected chi connectivity index (χ4v) is 3.04. The van der Waals surface area contributed by atoms with Crippen LogP contribution >= 0.6 is 12.4 Å². The van der Waals surface area contributed by atoms with Gasteiger partial charge in [0, 0.05) is 13.1 Å². The molecule has 1 nitrogen and oxygen atoms in total. The Kier molecular flexibility index (Phi) is 3.12. The molecular weight excluding hydrogens is 251 g/mol. The number of benzene rings is 1. The molecule has 2 atom stereocenters. The monoisotopic (exact) mass is 263 g/mol. The standard InChI is InChI=1S/C12H12F3N.ClH/c13-12(14,15)10-3-1-2-9-7-4-8(11(9)10)6-16-5-7;/h1-3,7-8,16H,4-6H2;1H. The van der Waals surface area contributed by atoms with E-state index in [0.717, 1.165) is 18.5 Å². The number of piperidine rings is 1. The van der Waals surface area contributed by atoms with Crippen molar-refractivity contribution in [2.24, 2.45) is 0 Å². The Morgan fingerprint density at radius 2 is 1.82 bits per heavy atom. The molecule has 3 rings (SSSR count). The van der Waals surface area contributed by atoms with Crippen molar-refractivity contribution in [3.63, 3.8) is 0 Å². The highest BCUT2D eigenvalue weighted by Crippen LogP contribution is 2.48. The molecule has 94 valence electrons. The minimum atomic E-state index is -4.22. The maximum atomic E-state index is 12.9. The minimum absolute atomic E-state index is 0. The van der Waals surface area contributed by atoms with Crippen LogP contribution in [0.1, 0.15) is 34.9 Å². The van der Waals surface area contributed by atoms with E-state index in [1.165, 1.54) is 12.1 Å². The van der Waals surface area contributed by atoms with E-state index < -0.39 is 11.7 Å². The van der Waals surface area contributed by atoms with Crippen LogP contribution in [0.4, 0.5) is 13.2 Å². The third-order valence-electron chi connectivity index (χ3n) is 3.64. The number of halogens is 4. The summed E-state index contributed by atoms with van der Waals surface area (Å²) in [6, 6.07) is 4.59. The summed E-state index contributed by atoms with van der Waals surface area (Å²) in [5.41, 5.74) is 1.02. The van der Waals surface area contributed by atoms with E-state index in [-0.39, 0.29) is 24.2 Å². The lowest BCUT2D eigenvalue weighted by molar-refractivity contribution is -0.138. The van der Waals surface area contributed by atoms with Crippen molar-refractivity contribution in [2.75, 3.05) is 13.1 Å². The summed E-state index contributed by atoms with van der Waals surface area (Å²) in [5, 5.41) is 3.21. The van der Waals surface area contributed by atoms with Gasteiger partial charge in [0.15, 0.2) is 0 Å². The van der Waals surface area contributed by atoms with Crippen LogP contribution in [0.5, 0.6) is 0 Å². The first-order chi connectivity index (χ1) is 7.57. The van der Waals surface area contributed by atoms with Crippen molar-refractivity contribution < 1.29 is 13.2 Å². The van der Waals surface area contributed by atoms with Gasteiger partial charge in [-0.25, -0.2) is 0 Å². The molecule has 17 heavy (non-hydrogen) atoms. The van der Waals surface area contributed by atoms with Gasteiger partial charge in [-0.1, -0.05) is 12.1 Å². The predicted molar refractivity (Wildman–Crippen MR) is 61.7 cm³/mol. The second kappa shape index (κ2) is 4.18. The fourth-order valence-electron chi connectivity index (χ4n) is 3.04. The Hall–Kier alpha value is -0.740. The summed E-state index contributed by atoms with van der Waals surface area (Å²) >= 11 is 0. The molecule has 1 aliphatic carbocycles. The van der Waals surface area contributed by atoms with Gasteiger partial charge >= 0.3 is 6.18 Å². The van der Waals surface area contributed by atoms with Crippen LogP contribution in [0.25, 0.3) is 0 Å². The molecular formula is C12H13ClF3N. The van der Waals surface area contributed by atoms with Crippen LogP contribution in [0.3, 0.4) is 0 Å². The minimum Gasteiger partial charge on any atom is -0.316 e. The van der Waals surface area contributed by atoms with Gasteiger partial charge in [-0.05, 0) is 35.4 Å². The van der Waals surface area contributed by atoms with Crippen LogP contribution in [0.15, 0.2) is 18.2 Å². The highest BCUT2D eigenvalue weighted by molar-refractivity contribution is 5.85. The largest absolute Gasteiger partial charge is 0.416 e. The highest BCUT2D eigenvalue weighted by atomic mass is 35.5. The topological polar surface area (TPSA) is 12.0 Å². The van der Waals surface area contributed by atoms with Crippen molar-refractivity contribution in [2.45, 2.75) is 24.4 Å². The van der Waals surface area contributed by atoms with Gasteiger partial charge in [0.25, 0.3) is 0 Å². The maximum Gasteiger partial charge on any atom is 0.416 e. The molecule has 0 saturated carbocycles. The summed E-state index contributed by atoms with van der Waals surface area (Å²) in [6.45, 7) is 1.49. The third-order valence-corrected chi connectivity index (χ3v) is 3.64. The molecule has 0 aromatic heterocycles.